The molecule has 0 aliphatic heterocycles. The zero-order valence-electron chi connectivity index (χ0n) is 11.4. The topological polar surface area (TPSA) is 38.9 Å². The number of thioether (sulfide) groups is 1. The molecule has 1 aromatic carbocycles. The third kappa shape index (κ3) is 2.91. The highest BCUT2D eigenvalue weighted by molar-refractivity contribution is 8.01. The molecule has 0 aliphatic carbocycles. The van der Waals surface area contributed by atoms with Gasteiger partial charge in [-0.15, -0.1) is 22.7 Å². The van der Waals surface area contributed by atoms with E-state index in [1.165, 1.54) is 14.5 Å². The Kier molecular flexibility index (Phi) is 4.12. The number of nitrogens with two attached hydrogens (primary N) is 1. The first-order chi connectivity index (χ1) is 9.63. The molecule has 0 fully saturated rings. The van der Waals surface area contributed by atoms with Crippen LogP contribution in [-0.4, -0.2) is 11.0 Å². The number of benzene rings is 1. The maximum absolute atomic E-state index is 6.18. The van der Waals surface area contributed by atoms with Crippen molar-refractivity contribution in [3.8, 4) is 0 Å². The number of thiazole rings is 1. The molecule has 2 heterocycles. The van der Waals surface area contributed by atoms with E-state index < -0.39 is 0 Å². The van der Waals surface area contributed by atoms with E-state index >= 15 is 0 Å². The summed E-state index contributed by atoms with van der Waals surface area (Å²) >= 11 is 5.35. The number of hydrogen-bond acceptors (Lipinski definition) is 5. The minimum atomic E-state index is 0.102. The monoisotopic (exact) mass is 320 g/mol. The number of nitrogens with zero attached hydrogens (tertiary/aromatic N) is 1. The third-order valence-corrected chi connectivity index (χ3v) is 6.85. The molecule has 0 saturated heterocycles. The minimum Gasteiger partial charge on any atom is -0.327 e. The van der Waals surface area contributed by atoms with Crippen molar-refractivity contribution in [2.45, 2.75) is 29.5 Å². The Labute approximate surface area is 131 Å². The predicted octanol–water partition coefficient (Wildman–Crippen LogP) is 4.85. The van der Waals surface area contributed by atoms with E-state index in [-0.39, 0.29) is 11.3 Å². The molecule has 0 radical (unpaired) electrons. The van der Waals surface area contributed by atoms with Gasteiger partial charge in [0.15, 0.2) is 4.34 Å². The van der Waals surface area contributed by atoms with Crippen LogP contribution in [0.1, 0.15) is 21.9 Å². The van der Waals surface area contributed by atoms with Gasteiger partial charge in [0.25, 0.3) is 0 Å². The van der Waals surface area contributed by atoms with E-state index in [1.54, 1.807) is 23.1 Å². The molecule has 2 atom stereocenters. The summed E-state index contributed by atoms with van der Waals surface area (Å²) in [6.45, 7) is 4.20. The smallest absolute Gasteiger partial charge is 0.151 e. The molecule has 104 valence electrons. The van der Waals surface area contributed by atoms with Crippen molar-refractivity contribution in [1.29, 1.82) is 0 Å². The molecule has 2 N–H and O–H groups in total. The van der Waals surface area contributed by atoms with Gasteiger partial charge < -0.3 is 5.73 Å². The molecule has 20 heavy (non-hydrogen) atoms. The minimum absolute atomic E-state index is 0.102. The first-order valence-corrected chi connectivity index (χ1v) is 8.99. The van der Waals surface area contributed by atoms with Crippen LogP contribution in [0.4, 0.5) is 0 Å². The van der Waals surface area contributed by atoms with Gasteiger partial charge in [0, 0.05) is 15.8 Å². The zero-order chi connectivity index (χ0) is 14.1. The van der Waals surface area contributed by atoms with E-state index in [0.29, 0.717) is 0 Å². The Morgan fingerprint density at radius 2 is 1.95 bits per heavy atom. The lowest BCUT2D eigenvalue weighted by Gasteiger charge is -2.17. The van der Waals surface area contributed by atoms with Crippen molar-refractivity contribution in [3.63, 3.8) is 0 Å². The van der Waals surface area contributed by atoms with Gasteiger partial charge in [0.2, 0.25) is 0 Å². The molecule has 0 saturated carbocycles. The van der Waals surface area contributed by atoms with E-state index in [9.17, 15) is 0 Å². The highest BCUT2D eigenvalue weighted by Crippen LogP contribution is 2.42. The Balaban J connectivity index is 1.89. The van der Waals surface area contributed by atoms with Crippen LogP contribution in [-0.2, 0) is 0 Å². The van der Waals surface area contributed by atoms with Crippen LogP contribution in [0.25, 0.3) is 10.2 Å². The SMILES string of the molecule is Cc1ccc(C(Sc2nc3ccccc3s2)C(C)N)s1. The number of rotatable bonds is 4. The standard InChI is InChI=1S/C15H16N2S3/c1-9-7-8-13(18-9)14(10(2)16)20-15-17-11-5-3-4-6-12(11)19-15/h3-8,10,14H,16H2,1-2H3. The van der Waals surface area contributed by atoms with Crippen LogP contribution >= 0.6 is 34.4 Å². The molecule has 3 aromatic rings. The first-order valence-electron chi connectivity index (χ1n) is 6.47. The Morgan fingerprint density at radius 3 is 2.60 bits per heavy atom. The van der Waals surface area contributed by atoms with Crippen molar-refractivity contribution < 1.29 is 0 Å². The second-order valence-corrected chi connectivity index (χ2v) is 8.53. The van der Waals surface area contributed by atoms with Crippen LogP contribution in [0.5, 0.6) is 0 Å². The van der Waals surface area contributed by atoms with Crippen LogP contribution in [0, 0.1) is 6.92 Å². The van der Waals surface area contributed by atoms with Crippen molar-refractivity contribution in [2.75, 3.05) is 0 Å². The lowest BCUT2D eigenvalue weighted by atomic mass is 10.2. The summed E-state index contributed by atoms with van der Waals surface area (Å²) in [6.07, 6.45) is 0. The average Bonchev–Trinajstić information content (AvgIpc) is 3.01. The molecule has 3 rings (SSSR count). The van der Waals surface area contributed by atoms with Gasteiger partial charge in [-0.25, -0.2) is 4.98 Å². The summed E-state index contributed by atoms with van der Waals surface area (Å²) in [5.74, 6) is 0. The van der Waals surface area contributed by atoms with Crippen molar-refractivity contribution in [1.82, 2.24) is 4.98 Å². The van der Waals surface area contributed by atoms with Gasteiger partial charge in [-0.05, 0) is 38.1 Å². The van der Waals surface area contributed by atoms with Gasteiger partial charge in [-0.3, -0.25) is 0 Å². The van der Waals surface area contributed by atoms with Crippen LogP contribution < -0.4 is 5.73 Å². The highest BCUT2D eigenvalue weighted by atomic mass is 32.2. The Bertz CT molecular complexity index is 682. The lowest BCUT2D eigenvalue weighted by Crippen LogP contribution is -2.21. The molecular weight excluding hydrogens is 304 g/mol. The number of para-hydroxylation sites is 1. The van der Waals surface area contributed by atoms with Gasteiger partial charge in [0.1, 0.15) is 0 Å². The zero-order valence-corrected chi connectivity index (χ0v) is 13.8. The second kappa shape index (κ2) is 5.85. The van der Waals surface area contributed by atoms with Gasteiger partial charge in [-0.2, -0.15) is 0 Å². The molecular formula is C15H16N2S3. The molecule has 0 amide bonds. The van der Waals surface area contributed by atoms with Crippen molar-refractivity contribution in [2.24, 2.45) is 5.73 Å². The quantitative estimate of drug-likeness (QED) is 0.699. The number of aromatic nitrogens is 1. The fourth-order valence-corrected chi connectivity index (χ4v) is 5.55. The second-order valence-electron chi connectivity index (χ2n) is 4.79. The first kappa shape index (κ1) is 14.1. The maximum atomic E-state index is 6.18. The van der Waals surface area contributed by atoms with Crippen molar-refractivity contribution >= 4 is 44.7 Å². The fraction of sp³-hybridized carbons (Fsp3) is 0.267. The number of aryl methyl sites for hydroxylation is 1. The summed E-state index contributed by atoms with van der Waals surface area (Å²) in [6, 6.07) is 12.7. The molecule has 0 bridgehead atoms. The molecule has 0 spiro atoms. The molecule has 0 aliphatic rings. The van der Waals surface area contributed by atoms with Gasteiger partial charge >= 0.3 is 0 Å². The molecule has 2 aromatic heterocycles. The van der Waals surface area contributed by atoms with Gasteiger partial charge in [-0.1, -0.05) is 23.9 Å². The predicted molar refractivity (Wildman–Crippen MR) is 90.9 cm³/mol. The van der Waals surface area contributed by atoms with Crippen LogP contribution in [0.3, 0.4) is 0 Å². The summed E-state index contributed by atoms with van der Waals surface area (Å²) in [4.78, 5) is 7.36. The van der Waals surface area contributed by atoms with E-state index in [1.807, 2.05) is 17.4 Å². The summed E-state index contributed by atoms with van der Waals surface area (Å²) in [5.41, 5.74) is 7.26. The van der Waals surface area contributed by atoms with Crippen LogP contribution in [0.2, 0.25) is 0 Å². The average molecular weight is 321 g/mol. The number of thiophene rings is 1. The summed E-state index contributed by atoms with van der Waals surface area (Å²) < 4.78 is 2.33. The van der Waals surface area contributed by atoms with E-state index in [0.717, 1.165) is 9.86 Å². The van der Waals surface area contributed by atoms with E-state index in [4.69, 9.17) is 10.7 Å². The lowest BCUT2D eigenvalue weighted by molar-refractivity contribution is 0.730. The highest BCUT2D eigenvalue weighted by Gasteiger charge is 2.21. The molecule has 2 nitrogen and oxygen atoms in total. The Morgan fingerprint density at radius 1 is 1.15 bits per heavy atom. The van der Waals surface area contributed by atoms with Gasteiger partial charge in [0.05, 0.1) is 15.5 Å². The summed E-state index contributed by atoms with van der Waals surface area (Å²) in [7, 11) is 0. The fourth-order valence-electron chi connectivity index (χ4n) is 2.04. The summed E-state index contributed by atoms with van der Waals surface area (Å²) in [5, 5.41) is 0.272. The largest absolute Gasteiger partial charge is 0.327 e. The normalized spacial score (nSPS) is 14.6. The third-order valence-electron chi connectivity index (χ3n) is 3.02. The van der Waals surface area contributed by atoms with Crippen molar-refractivity contribution in [3.05, 3.63) is 46.2 Å². The number of hydrogen-bond donors (Lipinski definition) is 1. The maximum Gasteiger partial charge on any atom is 0.151 e. The number of fused-ring (bicyclic) bond motifs is 1. The Hall–Kier alpha value is -0.880. The molecule has 2 unspecified atom stereocenters. The molecule has 5 heteroatoms. The van der Waals surface area contributed by atoms with E-state index in [2.05, 4.69) is 44.2 Å². The van der Waals surface area contributed by atoms with Crippen LogP contribution in [0.15, 0.2) is 40.7 Å².